The van der Waals surface area contributed by atoms with Gasteiger partial charge in [0.05, 0.1) is 11.3 Å². The second-order valence-corrected chi connectivity index (χ2v) is 4.62. The Morgan fingerprint density at radius 3 is 2.13 bits per heavy atom. The number of aliphatic imine (C=N–C) groups is 1. The minimum atomic E-state index is -1.37. The zero-order valence-electron chi connectivity index (χ0n) is 12.0. The van der Waals surface area contributed by atoms with Crippen LogP contribution in [0, 0.1) is 0 Å². The molecule has 0 fully saturated rings. The van der Waals surface area contributed by atoms with Crippen LogP contribution >= 0.6 is 0 Å². The molecule has 7 heteroatoms. The molecule has 1 unspecified atom stereocenters. The summed E-state index contributed by atoms with van der Waals surface area (Å²) in [6.07, 6.45) is -1.37. The zero-order chi connectivity index (χ0) is 16.8. The number of carboxylic acids is 1. The van der Waals surface area contributed by atoms with E-state index in [0.29, 0.717) is 11.3 Å². The van der Waals surface area contributed by atoms with Crippen LogP contribution in [-0.2, 0) is 9.53 Å². The Bertz CT molecular complexity index is 723. The smallest absolute Gasteiger partial charge is 0.349 e. The lowest BCUT2D eigenvalue weighted by molar-refractivity contribution is -0.147. The van der Waals surface area contributed by atoms with Crippen molar-refractivity contribution in [3.05, 3.63) is 65.7 Å². The van der Waals surface area contributed by atoms with Crippen LogP contribution < -0.4 is 11.5 Å². The molecule has 0 aliphatic carbocycles. The van der Waals surface area contributed by atoms with Gasteiger partial charge in [-0.2, -0.15) is 0 Å². The number of nitrogens with zero attached hydrogens (tertiary/aromatic N) is 1. The van der Waals surface area contributed by atoms with Crippen molar-refractivity contribution in [2.75, 3.05) is 0 Å². The SMILES string of the molecule is NC(N)=Nc1ccc(C(=O)OC(C(=O)O)c2ccccc2)cc1. The fourth-order valence-corrected chi connectivity index (χ4v) is 1.89. The average Bonchev–Trinajstić information content (AvgIpc) is 2.53. The van der Waals surface area contributed by atoms with Gasteiger partial charge in [0.25, 0.3) is 0 Å². The van der Waals surface area contributed by atoms with Crippen molar-refractivity contribution in [2.24, 2.45) is 16.5 Å². The molecule has 0 aliphatic rings. The van der Waals surface area contributed by atoms with Crippen LogP contribution in [0.15, 0.2) is 59.6 Å². The Morgan fingerprint density at radius 1 is 1.00 bits per heavy atom. The average molecular weight is 313 g/mol. The van der Waals surface area contributed by atoms with Gasteiger partial charge in [-0.25, -0.2) is 14.6 Å². The summed E-state index contributed by atoms with van der Waals surface area (Å²) >= 11 is 0. The summed E-state index contributed by atoms with van der Waals surface area (Å²) in [5.74, 6) is -2.10. The molecule has 7 nitrogen and oxygen atoms in total. The second kappa shape index (κ2) is 7.08. The monoisotopic (exact) mass is 313 g/mol. The third kappa shape index (κ3) is 4.31. The van der Waals surface area contributed by atoms with Gasteiger partial charge in [0, 0.05) is 5.56 Å². The molecule has 0 radical (unpaired) electrons. The van der Waals surface area contributed by atoms with Crippen LogP contribution in [-0.4, -0.2) is 23.0 Å². The lowest BCUT2D eigenvalue weighted by Gasteiger charge is -2.14. The normalized spacial score (nSPS) is 11.3. The molecule has 0 saturated heterocycles. The number of guanidine groups is 1. The number of aliphatic carboxylic acids is 1. The molecule has 0 saturated carbocycles. The first-order chi connectivity index (χ1) is 11.0. The molecular formula is C16H15N3O4. The molecular weight excluding hydrogens is 298 g/mol. The third-order valence-corrected chi connectivity index (χ3v) is 2.91. The van der Waals surface area contributed by atoms with E-state index in [-0.39, 0.29) is 11.5 Å². The fraction of sp³-hybridized carbons (Fsp3) is 0.0625. The van der Waals surface area contributed by atoms with E-state index >= 15 is 0 Å². The molecule has 5 N–H and O–H groups in total. The Balaban J connectivity index is 2.16. The standard InChI is InChI=1S/C16H15N3O4/c17-16(18)19-12-8-6-11(7-9-12)15(22)23-13(14(20)21)10-4-2-1-3-5-10/h1-9,13H,(H,20,21)(H4,17,18,19). The number of carboxylic acid groups (broad SMARTS) is 1. The van der Waals surface area contributed by atoms with E-state index < -0.39 is 18.0 Å². The van der Waals surface area contributed by atoms with E-state index in [2.05, 4.69) is 4.99 Å². The number of carbonyl (C=O) groups excluding carboxylic acids is 1. The summed E-state index contributed by atoms with van der Waals surface area (Å²) in [7, 11) is 0. The maximum atomic E-state index is 12.1. The number of benzene rings is 2. The molecule has 1 atom stereocenters. The number of hydrogen-bond donors (Lipinski definition) is 3. The van der Waals surface area contributed by atoms with E-state index in [4.69, 9.17) is 16.2 Å². The molecule has 0 aliphatic heterocycles. The topological polar surface area (TPSA) is 128 Å². The number of nitrogens with two attached hydrogens (primary N) is 2. The van der Waals surface area contributed by atoms with E-state index in [1.165, 1.54) is 24.3 Å². The highest BCUT2D eigenvalue weighted by Crippen LogP contribution is 2.20. The van der Waals surface area contributed by atoms with Crippen molar-refractivity contribution in [2.45, 2.75) is 6.10 Å². The van der Waals surface area contributed by atoms with Crippen LogP contribution in [0.2, 0.25) is 0 Å². The van der Waals surface area contributed by atoms with E-state index in [9.17, 15) is 14.7 Å². The highest BCUT2D eigenvalue weighted by Gasteiger charge is 2.24. The van der Waals surface area contributed by atoms with E-state index in [1.807, 2.05) is 0 Å². The minimum absolute atomic E-state index is 0.102. The molecule has 2 aromatic rings. The molecule has 2 rings (SSSR count). The molecule has 0 bridgehead atoms. The quantitative estimate of drug-likeness (QED) is 0.436. The van der Waals surface area contributed by atoms with Crippen LogP contribution in [0.3, 0.4) is 0 Å². The van der Waals surface area contributed by atoms with Crippen molar-refractivity contribution in [1.82, 2.24) is 0 Å². The van der Waals surface area contributed by atoms with Crippen LogP contribution in [0.5, 0.6) is 0 Å². The lowest BCUT2D eigenvalue weighted by Crippen LogP contribution is -2.21. The molecule has 0 heterocycles. The molecule has 2 aromatic carbocycles. The summed E-state index contributed by atoms with van der Waals surface area (Å²) in [6, 6.07) is 14.2. The number of rotatable bonds is 5. The van der Waals surface area contributed by atoms with Gasteiger partial charge >= 0.3 is 11.9 Å². The number of hydrogen-bond acceptors (Lipinski definition) is 4. The second-order valence-electron chi connectivity index (χ2n) is 4.62. The Morgan fingerprint density at radius 2 is 1.61 bits per heavy atom. The fourth-order valence-electron chi connectivity index (χ4n) is 1.89. The lowest BCUT2D eigenvalue weighted by atomic mass is 10.1. The Labute approximate surface area is 132 Å². The highest BCUT2D eigenvalue weighted by molar-refractivity contribution is 5.92. The third-order valence-electron chi connectivity index (χ3n) is 2.91. The summed E-state index contributed by atoms with van der Waals surface area (Å²) in [6.45, 7) is 0. The van der Waals surface area contributed by atoms with Crippen molar-refractivity contribution in [1.29, 1.82) is 0 Å². The predicted octanol–water partition coefficient (Wildman–Crippen LogP) is 1.57. The summed E-state index contributed by atoms with van der Waals surface area (Å²) in [5.41, 5.74) is 11.6. The maximum absolute atomic E-state index is 12.1. The van der Waals surface area contributed by atoms with Gasteiger partial charge in [0.2, 0.25) is 6.10 Å². The van der Waals surface area contributed by atoms with E-state index in [0.717, 1.165) is 0 Å². The molecule has 0 aromatic heterocycles. The largest absolute Gasteiger partial charge is 0.478 e. The van der Waals surface area contributed by atoms with Crippen LogP contribution in [0.25, 0.3) is 0 Å². The van der Waals surface area contributed by atoms with Gasteiger partial charge in [0.1, 0.15) is 0 Å². The van der Waals surface area contributed by atoms with Gasteiger partial charge in [-0.3, -0.25) is 0 Å². The summed E-state index contributed by atoms with van der Waals surface area (Å²) in [5, 5.41) is 9.24. The Kier molecular flexibility index (Phi) is 4.93. The number of esters is 1. The minimum Gasteiger partial charge on any atom is -0.478 e. The molecule has 118 valence electrons. The molecule has 0 spiro atoms. The molecule has 23 heavy (non-hydrogen) atoms. The van der Waals surface area contributed by atoms with Gasteiger partial charge in [0.15, 0.2) is 5.96 Å². The maximum Gasteiger partial charge on any atom is 0.349 e. The number of carbonyl (C=O) groups is 2. The zero-order valence-corrected chi connectivity index (χ0v) is 12.0. The van der Waals surface area contributed by atoms with Gasteiger partial charge in [-0.05, 0) is 24.3 Å². The number of ether oxygens (including phenoxy) is 1. The summed E-state index contributed by atoms with van der Waals surface area (Å²) in [4.78, 5) is 27.2. The van der Waals surface area contributed by atoms with Crippen molar-refractivity contribution in [3.8, 4) is 0 Å². The van der Waals surface area contributed by atoms with Crippen LogP contribution in [0.4, 0.5) is 5.69 Å². The Hall–Kier alpha value is -3.35. The van der Waals surface area contributed by atoms with Crippen molar-refractivity contribution < 1.29 is 19.4 Å². The summed E-state index contributed by atoms with van der Waals surface area (Å²) < 4.78 is 5.08. The van der Waals surface area contributed by atoms with Gasteiger partial charge in [-0.1, -0.05) is 30.3 Å². The first-order valence-electron chi connectivity index (χ1n) is 6.66. The van der Waals surface area contributed by atoms with E-state index in [1.54, 1.807) is 30.3 Å². The van der Waals surface area contributed by atoms with Crippen LogP contribution in [0.1, 0.15) is 22.0 Å². The predicted molar refractivity (Wildman–Crippen MR) is 84.1 cm³/mol. The van der Waals surface area contributed by atoms with Gasteiger partial charge < -0.3 is 21.3 Å². The van der Waals surface area contributed by atoms with Crippen molar-refractivity contribution in [3.63, 3.8) is 0 Å². The molecule has 0 amide bonds. The first kappa shape index (κ1) is 16.0. The van der Waals surface area contributed by atoms with Gasteiger partial charge in [-0.15, -0.1) is 0 Å². The first-order valence-corrected chi connectivity index (χ1v) is 6.66. The highest BCUT2D eigenvalue weighted by atomic mass is 16.6. The van der Waals surface area contributed by atoms with Crippen molar-refractivity contribution >= 4 is 23.6 Å².